The van der Waals surface area contributed by atoms with E-state index in [4.69, 9.17) is 12.2 Å². The molecule has 1 aliphatic rings. The smallest absolute Gasteiger partial charge is 0.251 e. The third kappa shape index (κ3) is 6.32. The number of nitrogens with zero attached hydrogens (tertiary/aromatic N) is 2. The Morgan fingerprint density at radius 1 is 1.22 bits per heavy atom. The van der Waals surface area contributed by atoms with E-state index in [1.807, 2.05) is 12.1 Å². The van der Waals surface area contributed by atoms with Crippen LogP contribution in [-0.4, -0.2) is 58.2 Å². The maximum atomic E-state index is 12.3. The maximum Gasteiger partial charge on any atom is 0.251 e. The minimum absolute atomic E-state index is 0.0863. The van der Waals surface area contributed by atoms with Gasteiger partial charge in [-0.15, -0.1) is 0 Å². The number of carbonyl (C=O) groups is 3. The van der Waals surface area contributed by atoms with Crippen LogP contribution in [0.1, 0.15) is 41.6 Å². The lowest BCUT2D eigenvalue weighted by Gasteiger charge is -2.18. The number of nitrogens with one attached hydrogen (secondary N) is 1. The topological polar surface area (TPSA) is 69.7 Å². The van der Waals surface area contributed by atoms with Crippen molar-refractivity contribution in [3.05, 3.63) is 35.4 Å². The first-order valence-corrected chi connectivity index (χ1v) is 10.3. The summed E-state index contributed by atoms with van der Waals surface area (Å²) in [7, 11) is 3.38. The van der Waals surface area contributed by atoms with Crippen LogP contribution in [0, 0.1) is 0 Å². The summed E-state index contributed by atoms with van der Waals surface area (Å²) in [6, 6.07) is 7.24. The number of rotatable bonds is 9. The number of thioether (sulfide) groups is 1. The number of carbonyl (C=O) groups excluding carboxylic acids is 3. The number of hydrogen-bond acceptors (Lipinski definition) is 5. The molecule has 0 atom stereocenters. The van der Waals surface area contributed by atoms with Crippen molar-refractivity contribution in [3.8, 4) is 0 Å². The van der Waals surface area contributed by atoms with Gasteiger partial charge in [0.1, 0.15) is 4.32 Å². The molecule has 1 aromatic carbocycles. The van der Waals surface area contributed by atoms with Crippen molar-refractivity contribution in [2.75, 3.05) is 26.4 Å². The van der Waals surface area contributed by atoms with Crippen LogP contribution in [0.25, 0.3) is 0 Å². The minimum atomic E-state index is -0.124. The van der Waals surface area contributed by atoms with Gasteiger partial charge in [0, 0.05) is 39.2 Å². The summed E-state index contributed by atoms with van der Waals surface area (Å²) in [5.74, 6) is 0.504. The van der Waals surface area contributed by atoms with Crippen molar-refractivity contribution in [2.24, 2.45) is 0 Å². The lowest BCUT2D eigenvalue weighted by Crippen LogP contribution is -2.29. The second-order valence-electron chi connectivity index (χ2n) is 6.44. The first-order valence-electron chi connectivity index (χ1n) is 8.94. The molecule has 0 spiro atoms. The van der Waals surface area contributed by atoms with Crippen molar-refractivity contribution in [1.82, 2.24) is 15.1 Å². The molecule has 146 valence electrons. The fourth-order valence-corrected chi connectivity index (χ4v) is 3.90. The Balaban J connectivity index is 1.67. The standard InChI is InChI=1S/C19H25N3O3S2/c1-20-18(25)15-9-7-14(8-10-15)12-21(2)16(23)6-4-3-5-11-22-17(24)13-27-19(22)26/h7-10H,3-6,11-13H2,1-2H3,(H,20,25). The Morgan fingerprint density at radius 2 is 1.93 bits per heavy atom. The molecule has 3 amide bonds. The van der Waals surface area contributed by atoms with Crippen LogP contribution in [-0.2, 0) is 16.1 Å². The van der Waals surface area contributed by atoms with Crippen LogP contribution in [0.2, 0.25) is 0 Å². The molecule has 0 unspecified atom stereocenters. The predicted molar refractivity (Wildman–Crippen MR) is 112 cm³/mol. The van der Waals surface area contributed by atoms with Gasteiger partial charge in [-0.25, -0.2) is 0 Å². The first kappa shape index (κ1) is 21.4. The van der Waals surface area contributed by atoms with E-state index < -0.39 is 0 Å². The molecule has 1 aliphatic heterocycles. The van der Waals surface area contributed by atoms with E-state index in [0.717, 1.165) is 24.8 Å². The molecular formula is C19H25N3O3S2. The Morgan fingerprint density at radius 3 is 2.52 bits per heavy atom. The van der Waals surface area contributed by atoms with Gasteiger partial charge in [0.25, 0.3) is 5.91 Å². The highest BCUT2D eigenvalue weighted by Gasteiger charge is 2.25. The zero-order chi connectivity index (χ0) is 19.8. The number of hydrogen-bond donors (Lipinski definition) is 1. The number of benzene rings is 1. The average molecular weight is 408 g/mol. The molecule has 1 saturated heterocycles. The van der Waals surface area contributed by atoms with Crippen LogP contribution in [0.15, 0.2) is 24.3 Å². The van der Waals surface area contributed by atoms with Crippen molar-refractivity contribution < 1.29 is 14.4 Å². The fourth-order valence-electron chi connectivity index (χ4n) is 2.78. The second kappa shape index (κ2) is 10.4. The molecule has 1 aromatic rings. The molecule has 0 radical (unpaired) electrons. The molecule has 6 nitrogen and oxygen atoms in total. The third-order valence-electron chi connectivity index (χ3n) is 4.40. The van der Waals surface area contributed by atoms with E-state index in [2.05, 4.69) is 5.32 Å². The summed E-state index contributed by atoms with van der Waals surface area (Å²) < 4.78 is 0.665. The normalized spacial score (nSPS) is 13.8. The summed E-state index contributed by atoms with van der Waals surface area (Å²) >= 11 is 6.56. The van der Waals surface area contributed by atoms with Crippen molar-refractivity contribution in [1.29, 1.82) is 0 Å². The van der Waals surface area contributed by atoms with Crippen LogP contribution >= 0.6 is 24.0 Å². The zero-order valence-electron chi connectivity index (χ0n) is 15.7. The summed E-state index contributed by atoms with van der Waals surface area (Å²) in [6.45, 7) is 1.16. The summed E-state index contributed by atoms with van der Waals surface area (Å²) in [4.78, 5) is 38.8. The summed E-state index contributed by atoms with van der Waals surface area (Å²) in [5, 5.41) is 2.58. The second-order valence-corrected chi connectivity index (χ2v) is 8.05. The van der Waals surface area contributed by atoms with Crippen LogP contribution < -0.4 is 5.32 Å². The Bertz CT molecular complexity index is 691. The SMILES string of the molecule is CNC(=O)c1ccc(CN(C)C(=O)CCCCCN2C(=O)CSC2=S)cc1. The van der Waals surface area contributed by atoms with Gasteiger partial charge in [0.15, 0.2) is 0 Å². The van der Waals surface area contributed by atoms with Gasteiger partial charge in [-0.2, -0.15) is 0 Å². The molecule has 0 saturated carbocycles. The predicted octanol–water partition coefficient (Wildman–Crippen LogP) is 2.43. The molecule has 1 heterocycles. The highest BCUT2D eigenvalue weighted by molar-refractivity contribution is 8.23. The highest BCUT2D eigenvalue weighted by atomic mass is 32.2. The Kier molecular flexibility index (Phi) is 8.24. The lowest BCUT2D eigenvalue weighted by atomic mass is 10.1. The van der Waals surface area contributed by atoms with Gasteiger partial charge in [0.2, 0.25) is 11.8 Å². The average Bonchev–Trinajstić information content (AvgIpc) is 2.99. The number of thiocarbonyl (C=S) groups is 1. The maximum absolute atomic E-state index is 12.3. The van der Waals surface area contributed by atoms with Gasteiger partial charge in [0.05, 0.1) is 5.75 Å². The summed E-state index contributed by atoms with van der Waals surface area (Å²) in [5.41, 5.74) is 1.58. The van der Waals surface area contributed by atoms with E-state index in [1.165, 1.54) is 11.8 Å². The molecule has 2 rings (SSSR count). The number of unbranched alkanes of at least 4 members (excludes halogenated alkanes) is 2. The van der Waals surface area contributed by atoms with E-state index in [-0.39, 0.29) is 17.7 Å². The summed E-state index contributed by atoms with van der Waals surface area (Å²) in [6.07, 6.45) is 3.02. The molecule has 0 aromatic heterocycles. The highest BCUT2D eigenvalue weighted by Crippen LogP contribution is 2.20. The lowest BCUT2D eigenvalue weighted by molar-refractivity contribution is -0.130. The van der Waals surface area contributed by atoms with Crippen LogP contribution in [0.5, 0.6) is 0 Å². The van der Waals surface area contributed by atoms with Gasteiger partial charge in [-0.05, 0) is 30.5 Å². The molecule has 27 heavy (non-hydrogen) atoms. The van der Waals surface area contributed by atoms with Gasteiger partial charge in [-0.1, -0.05) is 42.5 Å². The monoisotopic (exact) mass is 407 g/mol. The van der Waals surface area contributed by atoms with E-state index in [0.29, 0.717) is 35.1 Å². The van der Waals surface area contributed by atoms with Gasteiger partial charge in [-0.3, -0.25) is 19.3 Å². The Labute approximate surface area is 169 Å². The van der Waals surface area contributed by atoms with Gasteiger partial charge >= 0.3 is 0 Å². The minimum Gasteiger partial charge on any atom is -0.355 e. The fraction of sp³-hybridized carbons (Fsp3) is 0.474. The quantitative estimate of drug-likeness (QED) is 0.503. The van der Waals surface area contributed by atoms with E-state index in [9.17, 15) is 14.4 Å². The van der Waals surface area contributed by atoms with Gasteiger partial charge < -0.3 is 10.2 Å². The van der Waals surface area contributed by atoms with Crippen molar-refractivity contribution in [2.45, 2.75) is 32.2 Å². The molecule has 8 heteroatoms. The van der Waals surface area contributed by atoms with Crippen molar-refractivity contribution >= 4 is 46.0 Å². The van der Waals surface area contributed by atoms with Crippen molar-refractivity contribution in [3.63, 3.8) is 0 Å². The molecule has 1 fully saturated rings. The number of amides is 3. The largest absolute Gasteiger partial charge is 0.355 e. The van der Waals surface area contributed by atoms with E-state index >= 15 is 0 Å². The van der Waals surface area contributed by atoms with Crippen LogP contribution in [0.3, 0.4) is 0 Å². The first-order chi connectivity index (χ1) is 12.9. The Hall–Kier alpha value is -1.93. The third-order valence-corrected chi connectivity index (χ3v) is 5.83. The molecule has 0 bridgehead atoms. The molecule has 0 aliphatic carbocycles. The van der Waals surface area contributed by atoms with E-state index in [1.54, 1.807) is 36.0 Å². The molecular weight excluding hydrogens is 382 g/mol. The van der Waals surface area contributed by atoms with Crippen LogP contribution in [0.4, 0.5) is 0 Å². The molecule has 1 N–H and O–H groups in total. The zero-order valence-corrected chi connectivity index (χ0v) is 17.3.